The van der Waals surface area contributed by atoms with Crippen LogP contribution >= 0.6 is 15.9 Å². The SMILES string of the molecule is OC1(c2ccc(Br)cc2)CCCn2cncc21. The van der Waals surface area contributed by atoms with Gasteiger partial charge in [0.1, 0.15) is 5.60 Å². The van der Waals surface area contributed by atoms with E-state index in [4.69, 9.17) is 0 Å². The number of imidazole rings is 1. The molecule has 1 aromatic heterocycles. The Morgan fingerprint density at radius 2 is 2.06 bits per heavy atom. The highest BCUT2D eigenvalue weighted by atomic mass is 79.9. The fraction of sp³-hybridized carbons (Fsp3) is 0.308. The molecular weight excluding hydrogens is 280 g/mol. The minimum absolute atomic E-state index is 0.750. The van der Waals surface area contributed by atoms with Gasteiger partial charge in [-0.05, 0) is 30.5 Å². The first-order valence-electron chi connectivity index (χ1n) is 5.69. The monoisotopic (exact) mass is 292 g/mol. The van der Waals surface area contributed by atoms with E-state index in [-0.39, 0.29) is 0 Å². The van der Waals surface area contributed by atoms with Crippen LogP contribution in [0.25, 0.3) is 0 Å². The van der Waals surface area contributed by atoms with E-state index in [9.17, 15) is 5.11 Å². The topological polar surface area (TPSA) is 38.0 Å². The summed E-state index contributed by atoms with van der Waals surface area (Å²) >= 11 is 3.41. The molecule has 0 spiro atoms. The highest BCUT2D eigenvalue weighted by Crippen LogP contribution is 2.37. The van der Waals surface area contributed by atoms with Gasteiger partial charge in [-0.15, -0.1) is 0 Å². The average molecular weight is 293 g/mol. The number of aromatic nitrogens is 2. The first kappa shape index (κ1) is 11.0. The molecule has 0 radical (unpaired) electrons. The quantitative estimate of drug-likeness (QED) is 0.878. The largest absolute Gasteiger partial charge is 0.379 e. The molecule has 1 unspecified atom stereocenters. The zero-order valence-electron chi connectivity index (χ0n) is 9.31. The third kappa shape index (κ3) is 1.72. The number of nitrogens with zero attached hydrogens (tertiary/aromatic N) is 2. The van der Waals surface area contributed by atoms with Gasteiger partial charge in [-0.3, -0.25) is 0 Å². The first-order chi connectivity index (χ1) is 8.20. The summed E-state index contributed by atoms with van der Waals surface area (Å²) < 4.78 is 3.06. The third-order valence-corrected chi connectivity index (χ3v) is 3.92. The van der Waals surface area contributed by atoms with Crippen LogP contribution in [0.4, 0.5) is 0 Å². The van der Waals surface area contributed by atoms with Crippen molar-refractivity contribution in [2.24, 2.45) is 0 Å². The van der Waals surface area contributed by atoms with Gasteiger partial charge in [0, 0.05) is 11.0 Å². The van der Waals surface area contributed by atoms with Gasteiger partial charge in [0.15, 0.2) is 0 Å². The van der Waals surface area contributed by atoms with E-state index < -0.39 is 5.60 Å². The molecule has 0 bridgehead atoms. The van der Waals surface area contributed by atoms with Crippen molar-refractivity contribution in [1.82, 2.24) is 9.55 Å². The summed E-state index contributed by atoms with van der Waals surface area (Å²) in [5.41, 5.74) is 0.934. The average Bonchev–Trinajstić information content (AvgIpc) is 2.80. The Bertz CT molecular complexity index is 535. The third-order valence-electron chi connectivity index (χ3n) is 3.40. The maximum atomic E-state index is 10.9. The van der Waals surface area contributed by atoms with Crippen LogP contribution in [0.15, 0.2) is 41.3 Å². The number of fused-ring (bicyclic) bond motifs is 1. The molecule has 0 saturated heterocycles. The van der Waals surface area contributed by atoms with E-state index in [1.165, 1.54) is 0 Å². The Labute approximate surface area is 108 Å². The van der Waals surface area contributed by atoms with Crippen LogP contribution < -0.4 is 0 Å². The molecule has 0 aliphatic carbocycles. The maximum absolute atomic E-state index is 10.9. The van der Waals surface area contributed by atoms with Crippen LogP contribution in [0.1, 0.15) is 24.1 Å². The molecule has 1 aliphatic rings. The van der Waals surface area contributed by atoms with Crippen LogP contribution in [-0.4, -0.2) is 14.7 Å². The Kier molecular flexibility index (Phi) is 2.56. The molecule has 1 aromatic carbocycles. The van der Waals surface area contributed by atoms with E-state index in [0.29, 0.717) is 0 Å². The zero-order valence-corrected chi connectivity index (χ0v) is 10.9. The van der Waals surface area contributed by atoms with Crippen molar-refractivity contribution >= 4 is 15.9 Å². The maximum Gasteiger partial charge on any atom is 0.131 e. The Morgan fingerprint density at radius 3 is 2.82 bits per heavy atom. The fourth-order valence-corrected chi connectivity index (χ4v) is 2.76. The number of rotatable bonds is 1. The molecule has 4 heteroatoms. The molecule has 3 nitrogen and oxygen atoms in total. The molecule has 0 saturated carbocycles. The molecule has 1 atom stereocenters. The summed E-state index contributed by atoms with van der Waals surface area (Å²) in [6.45, 7) is 0.939. The normalized spacial score (nSPS) is 23.4. The molecule has 2 heterocycles. The summed E-state index contributed by atoms with van der Waals surface area (Å²) in [6, 6.07) is 7.85. The van der Waals surface area contributed by atoms with Gasteiger partial charge < -0.3 is 9.67 Å². The first-order valence-corrected chi connectivity index (χ1v) is 6.48. The molecule has 1 N–H and O–H groups in total. The Balaban J connectivity index is 2.11. The minimum atomic E-state index is -0.893. The second-order valence-corrected chi connectivity index (χ2v) is 5.36. The molecule has 0 amide bonds. The van der Waals surface area contributed by atoms with Crippen molar-refractivity contribution < 1.29 is 5.11 Å². The summed E-state index contributed by atoms with van der Waals surface area (Å²) in [7, 11) is 0. The lowest BCUT2D eigenvalue weighted by atomic mass is 9.84. The molecule has 2 aromatic rings. The Hall–Kier alpha value is -1.13. The molecule has 88 valence electrons. The van der Waals surface area contributed by atoms with E-state index >= 15 is 0 Å². The molecule has 17 heavy (non-hydrogen) atoms. The molecule has 0 fully saturated rings. The van der Waals surface area contributed by atoms with E-state index in [2.05, 4.69) is 20.9 Å². The van der Waals surface area contributed by atoms with Crippen LogP contribution in [0.5, 0.6) is 0 Å². The standard InChI is InChI=1S/C13H13BrN2O/c14-11-4-2-10(3-5-11)13(17)6-1-7-16-9-15-8-12(13)16/h2-5,8-9,17H,1,6-7H2. The van der Waals surface area contributed by atoms with Gasteiger partial charge in [-0.2, -0.15) is 0 Å². The lowest BCUT2D eigenvalue weighted by Gasteiger charge is -2.33. The summed E-state index contributed by atoms with van der Waals surface area (Å²) in [6.07, 6.45) is 5.27. The van der Waals surface area contributed by atoms with Crippen LogP contribution in [-0.2, 0) is 12.1 Å². The highest BCUT2D eigenvalue weighted by molar-refractivity contribution is 9.10. The van der Waals surface area contributed by atoms with Gasteiger partial charge in [0.25, 0.3) is 0 Å². The number of aryl methyl sites for hydroxylation is 1. The van der Waals surface area contributed by atoms with Crippen LogP contribution in [0.2, 0.25) is 0 Å². The van der Waals surface area contributed by atoms with Crippen molar-refractivity contribution in [1.29, 1.82) is 0 Å². The number of benzene rings is 1. The molecular formula is C13H13BrN2O. The number of hydrogen-bond donors (Lipinski definition) is 1. The van der Waals surface area contributed by atoms with Gasteiger partial charge in [0.2, 0.25) is 0 Å². The molecule has 3 rings (SSSR count). The zero-order chi connectivity index (χ0) is 11.9. The lowest BCUT2D eigenvalue weighted by molar-refractivity contribution is 0.0469. The Morgan fingerprint density at radius 1 is 1.29 bits per heavy atom. The second kappa shape index (κ2) is 3.96. The van der Waals surface area contributed by atoms with E-state index in [1.54, 1.807) is 12.5 Å². The smallest absolute Gasteiger partial charge is 0.131 e. The highest BCUT2D eigenvalue weighted by Gasteiger charge is 2.36. The van der Waals surface area contributed by atoms with Crippen molar-refractivity contribution in [3.63, 3.8) is 0 Å². The van der Waals surface area contributed by atoms with Crippen molar-refractivity contribution in [3.05, 3.63) is 52.5 Å². The van der Waals surface area contributed by atoms with Crippen molar-refractivity contribution in [2.45, 2.75) is 25.0 Å². The minimum Gasteiger partial charge on any atom is -0.379 e. The van der Waals surface area contributed by atoms with Gasteiger partial charge >= 0.3 is 0 Å². The van der Waals surface area contributed by atoms with E-state index in [0.717, 1.165) is 35.1 Å². The van der Waals surface area contributed by atoms with Crippen molar-refractivity contribution in [2.75, 3.05) is 0 Å². The van der Waals surface area contributed by atoms with Crippen LogP contribution in [0, 0.1) is 0 Å². The number of aliphatic hydroxyl groups is 1. The summed E-state index contributed by atoms with van der Waals surface area (Å²) in [4.78, 5) is 4.14. The summed E-state index contributed by atoms with van der Waals surface area (Å²) in [5.74, 6) is 0. The summed E-state index contributed by atoms with van der Waals surface area (Å²) in [5, 5.41) is 10.9. The van der Waals surface area contributed by atoms with Gasteiger partial charge in [-0.25, -0.2) is 4.98 Å². The van der Waals surface area contributed by atoms with Gasteiger partial charge in [-0.1, -0.05) is 28.1 Å². The number of halogens is 1. The predicted octanol–water partition coefficient (Wildman–Crippen LogP) is 2.68. The lowest BCUT2D eigenvalue weighted by Crippen LogP contribution is -2.34. The predicted molar refractivity (Wildman–Crippen MR) is 68.6 cm³/mol. The number of hydrogen-bond acceptors (Lipinski definition) is 2. The fourth-order valence-electron chi connectivity index (χ4n) is 2.49. The van der Waals surface area contributed by atoms with Gasteiger partial charge in [0.05, 0.1) is 18.2 Å². The second-order valence-electron chi connectivity index (χ2n) is 4.44. The van der Waals surface area contributed by atoms with E-state index in [1.807, 2.05) is 28.8 Å². The molecule has 1 aliphatic heterocycles. The van der Waals surface area contributed by atoms with Crippen LogP contribution in [0.3, 0.4) is 0 Å². The van der Waals surface area contributed by atoms with Crippen molar-refractivity contribution in [3.8, 4) is 0 Å².